The number of ether oxygens (including phenoxy) is 1. The van der Waals surface area contributed by atoms with Crippen LogP contribution in [-0.4, -0.2) is 23.1 Å². The van der Waals surface area contributed by atoms with Gasteiger partial charge in [0.1, 0.15) is 0 Å². The molecule has 0 spiro atoms. The lowest BCUT2D eigenvalue weighted by Crippen LogP contribution is -2.31. The van der Waals surface area contributed by atoms with Gasteiger partial charge < -0.3 is 9.84 Å². The number of rotatable bonds is 4. The van der Waals surface area contributed by atoms with Gasteiger partial charge in [-0.25, -0.2) is 4.79 Å². The monoisotopic (exact) mass is 174 g/mol. The lowest BCUT2D eigenvalue weighted by molar-refractivity contribution is -0.166. The first-order valence-corrected chi connectivity index (χ1v) is 3.91. The van der Waals surface area contributed by atoms with Crippen LogP contribution in [-0.2, 0) is 14.3 Å². The van der Waals surface area contributed by atoms with Crippen LogP contribution in [0.2, 0.25) is 0 Å². The zero-order valence-corrected chi connectivity index (χ0v) is 7.53. The summed E-state index contributed by atoms with van der Waals surface area (Å²) in [6.07, 6.45) is -0.811. The molecule has 4 nitrogen and oxygen atoms in total. The van der Waals surface area contributed by atoms with Crippen molar-refractivity contribution in [3.05, 3.63) is 0 Å². The highest BCUT2D eigenvalue weighted by atomic mass is 16.6. The normalized spacial score (nSPS) is 12.7. The summed E-state index contributed by atoms with van der Waals surface area (Å²) in [6, 6.07) is 0. The van der Waals surface area contributed by atoms with Crippen molar-refractivity contribution in [1.82, 2.24) is 0 Å². The summed E-state index contributed by atoms with van der Waals surface area (Å²) in [6.45, 7) is 5.02. The molecule has 0 saturated heterocycles. The summed E-state index contributed by atoms with van der Waals surface area (Å²) in [5, 5.41) is 8.61. The second-order valence-corrected chi connectivity index (χ2v) is 2.85. The second-order valence-electron chi connectivity index (χ2n) is 2.85. The van der Waals surface area contributed by atoms with E-state index in [1.807, 2.05) is 0 Å². The molecule has 0 aliphatic rings. The molecule has 0 aliphatic carbocycles. The van der Waals surface area contributed by atoms with Crippen molar-refractivity contribution < 1.29 is 19.4 Å². The molecule has 0 bridgehead atoms. The van der Waals surface area contributed by atoms with Crippen LogP contribution in [0.1, 0.15) is 27.2 Å². The Morgan fingerprint density at radius 1 is 1.42 bits per heavy atom. The zero-order chi connectivity index (χ0) is 9.72. The Hall–Kier alpha value is -1.06. The van der Waals surface area contributed by atoms with E-state index in [1.54, 1.807) is 20.8 Å². The van der Waals surface area contributed by atoms with Gasteiger partial charge in [0.25, 0.3) is 0 Å². The summed E-state index contributed by atoms with van der Waals surface area (Å²) in [7, 11) is 0. The van der Waals surface area contributed by atoms with Gasteiger partial charge in [-0.2, -0.15) is 0 Å². The molecular formula is C8H14O4. The molecule has 0 aromatic heterocycles. The number of carboxylic acids is 1. The number of aliphatic carboxylic acids is 1. The largest absolute Gasteiger partial charge is 0.478 e. The standard InChI is InChI=1S/C8H14O4/c1-4-6(9)12-7(5(2)3)8(10)11/h5,7H,4H2,1-3H3,(H,10,11)/t7-/m0/s1. The summed E-state index contributed by atoms with van der Waals surface area (Å²) in [4.78, 5) is 21.3. The highest BCUT2D eigenvalue weighted by molar-refractivity contribution is 5.78. The van der Waals surface area contributed by atoms with Crippen LogP contribution < -0.4 is 0 Å². The molecule has 0 aromatic rings. The predicted molar refractivity (Wildman–Crippen MR) is 42.6 cm³/mol. The van der Waals surface area contributed by atoms with Crippen LogP contribution in [0, 0.1) is 5.92 Å². The molecular weight excluding hydrogens is 160 g/mol. The zero-order valence-electron chi connectivity index (χ0n) is 7.53. The van der Waals surface area contributed by atoms with Crippen molar-refractivity contribution in [3.63, 3.8) is 0 Å². The van der Waals surface area contributed by atoms with Gasteiger partial charge in [0, 0.05) is 12.3 Å². The average Bonchev–Trinajstić information content (AvgIpc) is 1.98. The molecule has 4 heteroatoms. The fourth-order valence-electron chi connectivity index (χ4n) is 0.697. The van der Waals surface area contributed by atoms with Gasteiger partial charge in [0.2, 0.25) is 6.10 Å². The average molecular weight is 174 g/mol. The van der Waals surface area contributed by atoms with E-state index in [9.17, 15) is 9.59 Å². The summed E-state index contributed by atoms with van der Waals surface area (Å²) < 4.78 is 4.68. The van der Waals surface area contributed by atoms with E-state index in [0.717, 1.165) is 0 Å². The SMILES string of the molecule is CCC(=O)O[C@H](C(=O)O)C(C)C. The van der Waals surface area contributed by atoms with Crippen LogP contribution in [0.25, 0.3) is 0 Å². The Balaban J connectivity index is 4.14. The lowest BCUT2D eigenvalue weighted by Gasteiger charge is -2.16. The molecule has 70 valence electrons. The smallest absolute Gasteiger partial charge is 0.345 e. The maximum Gasteiger partial charge on any atom is 0.345 e. The Kier molecular flexibility index (Phi) is 4.33. The number of hydrogen-bond donors (Lipinski definition) is 1. The van der Waals surface area contributed by atoms with Gasteiger partial charge >= 0.3 is 11.9 Å². The van der Waals surface area contributed by atoms with Gasteiger partial charge in [-0.05, 0) is 0 Å². The molecule has 0 aromatic carbocycles. The quantitative estimate of drug-likeness (QED) is 0.647. The Bertz CT molecular complexity index is 174. The minimum atomic E-state index is -1.09. The summed E-state index contributed by atoms with van der Waals surface area (Å²) in [5.74, 6) is -1.76. The fourth-order valence-corrected chi connectivity index (χ4v) is 0.697. The molecule has 1 N–H and O–H groups in total. The second kappa shape index (κ2) is 4.74. The maximum atomic E-state index is 10.7. The number of hydrogen-bond acceptors (Lipinski definition) is 3. The molecule has 0 amide bonds. The van der Waals surface area contributed by atoms with Crippen molar-refractivity contribution >= 4 is 11.9 Å². The summed E-state index contributed by atoms with van der Waals surface area (Å²) in [5.41, 5.74) is 0. The number of esters is 1. The molecule has 0 rings (SSSR count). The van der Waals surface area contributed by atoms with Crippen LogP contribution in [0.15, 0.2) is 0 Å². The van der Waals surface area contributed by atoms with E-state index in [4.69, 9.17) is 5.11 Å². The van der Waals surface area contributed by atoms with E-state index < -0.39 is 18.0 Å². The van der Waals surface area contributed by atoms with Gasteiger partial charge in [-0.1, -0.05) is 20.8 Å². The maximum absolute atomic E-state index is 10.7. The highest BCUT2D eigenvalue weighted by Gasteiger charge is 2.24. The first-order chi connectivity index (χ1) is 5.49. The Morgan fingerprint density at radius 3 is 2.17 bits per heavy atom. The Labute approximate surface area is 71.5 Å². The predicted octanol–water partition coefficient (Wildman–Crippen LogP) is 1.05. The van der Waals surface area contributed by atoms with Crippen molar-refractivity contribution in [1.29, 1.82) is 0 Å². The first kappa shape index (κ1) is 10.9. The number of carbonyl (C=O) groups is 2. The van der Waals surface area contributed by atoms with E-state index in [2.05, 4.69) is 4.74 Å². The van der Waals surface area contributed by atoms with E-state index >= 15 is 0 Å². The third-order valence-electron chi connectivity index (χ3n) is 1.40. The molecule has 0 fully saturated rings. The first-order valence-electron chi connectivity index (χ1n) is 3.91. The number of carboxylic acid groups (broad SMARTS) is 1. The van der Waals surface area contributed by atoms with Crippen LogP contribution in [0.4, 0.5) is 0 Å². The highest BCUT2D eigenvalue weighted by Crippen LogP contribution is 2.07. The molecule has 12 heavy (non-hydrogen) atoms. The topological polar surface area (TPSA) is 63.6 Å². The minimum Gasteiger partial charge on any atom is -0.478 e. The fraction of sp³-hybridized carbons (Fsp3) is 0.750. The van der Waals surface area contributed by atoms with Crippen LogP contribution in [0.5, 0.6) is 0 Å². The van der Waals surface area contributed by atoms with Crippen molar-refractivity contribution in [2.45, 2.75) is 33.3 Å². The third kappa shape index (κ3) is 3.37. The van der Waals surface area contributed by atoms with Crippen LogP contribution in [0.3, 0.4) is 0 Å². The molecule has 0 heterocycles. The van der Waals surface area contributed by atoms with E-state index in [1.165, 1.54) is 0 Å². The molecule has 0 radical (unpaired) electrons. The van der Waals surface area contributed by atoms with Gasteiger partial charge in [-0.15, -0.1) is 0 Å². The van der Waals surface area contributed by atoms with Crippen molar-refractivity contribution in [2.75, 3.05) is 0 Å². The number of carbonyl (C=O) groups excluding carboxylic acids is 1. The Morgan fingerprint density at radius 2 is 1.92 bits per heavy atom. The lowest BCUT2D eigenvalue weighted by atomic mass is 10.1. The molecule has 0 aliphatic heterocycles. The van der Waals surface area contributed by atoms with E-state index in [-0.39, 0.29) is 12.3 Å². The van der Waals surface area contributed by atoms with Crippen LogP contribution >= 0.6 is 0 Å². The minimum absolute atomic E-state index is 0.196. The molecule has 0 unspecified atom stereocenters. The molecule has 1 atom stereocenters. The van der Waals surface area contributed by atoms with Gasteiger partial charge in [-0.3, -0.25) is 4.79 Å². The van der Waals surface area contributed by atoms with E-state index in [0.29, 0.717) is 0 Å². The summed E-state index contributed by atoms with van der Waals surface area (Å²) >= 11 is 0. The van der Waals surface area contributed by atoms with Crippen molar-refractivity contribution in [2.24, 2.45) is 5.92 Å². The van der Waals surface area contributed by atoms with Gasteiger partial charge in [0.15, 0.2) is 0 Å². The van der Waals surface area contributed by atoms with Gasteiger partial charge in [0.05, 0.1) is 0 Å². The molecule has 0 saturated carbocycles. The third-order valence-corrected chi connectivity index (χ3v) is 1.40. The van der Waals surface area contributed by atoms with Crippen molar-refractivity contribution in [3.8, 4) is 0 Å².